The van der Waals surface area contributed by atoms with E-state index in [1.807, 2.05) is 50.8 Å². The van der Waals surface area contributed by atoms with Gasteiger partial charge >= 0.3 is 0 Å². The highest BCUT2D eigenvalue weighted by atomic mass is 16.5. The highest BCUT2D eigenvalue weighted by Gasteiger charge is 2.11. The second kappa shape index (κ2) is 13.3. The van der Waals surface area contributed by atoms with E-state index in [0.717, 1.165) is 56.0 Å². The number of ether oxygens (including phenoxy) is 2. The van der Waals surface area contributed by atoms with Crippen molar-refractivity contribution in [3.63, 3.8) is 0 Å². The van der Waals surface area contributed by atoms with E-state index in [1.54, 1.807) is 6.26 Å². The lowest BCUT2D eigenvalue weighted by molar-refractivity contribution is 0.157. The van der Waals surface area contributed by atoms with Gasteiger partial charge in [-0.1, -0.05) is 26.0 Å². The van der Waals surface area contributed by atoms with Crippen molar-refractivity contribution < 1.29 is 9.47 Å². The van der Waals surface area contributed by atoms with Crippen LogP contribution in [0.25, 0.3) is 0 Å². The fourth-order valence-corrected chi connectivity index (χ4v) is 3.67. The van der Waals surface area contributed by atoms with Crippen molar-refractivity contribution in [1.29, 1.82) is 0 Å². The lowest BCUT2D eigenvalue weighted by atomic mass is 10.2. The maximum Gasteiger partial charge on any atom is 0.217 e. The number of hydrogen-bond acceptors (Lipinski definition) is 8. The van der Waals surface area contributed by atoms with Gasteiger partial charge in [0.15, 0.2) is 5.82 Å². The summed E-state index contributed by atoms with van der Waals surface area (Å²) < 4.78 is 11.3. The van der Waals surface area contributed by atoms with E-state index < -0.39 is 0 Å². The van der Waals surface area contributed by atoms with E-state index in [4.69, 9.17) is 9.47 Å². The van der Waals surface area contributed by atoms with Crippen LogP contribution in [-0.2, 0) is 4.74 Å². The number of nitrogens with zero attached hydrogens (tertiary/aromatic N) is 5. The first-order chi connectivity index (χ1) is 16.6. The number of hydrogen-bond donors (Lipinski definition) is 1. The van der Waals surface area contributed by atoms with Crippen molar-refractivity contribution in [3.05, 3.63) is 54.4 Å². The highest BCUT2D eigenvalue weighted by Crippen LogP contribution is 2.25. The standard InChI is InChI=1S/C26H38N6O2/c1-5-10-32(11-6-2)24-19-25(29-27-21-22-8-7-9-23(18-22)30(3)4)28-26(20-24)34-17-14-31-12-15-33-16-13-31/h7-9,12,15,18-21H,5-6,10-11,13-14,16-17H2,1-4H3,(H,28,29)/b27-21+. The van der Waals surface area contributed by atoms with Gasteiger partial charge in [-0.05, 0) is 30.5 Å². The number of benzene rings is 1. The summed E-state index contributed by atoms with van der Waals surface area (Å²) in [7, 11) is 4.05. The first-order valence-electron chi connectivity index (χ1n) is 12.1. The minimum absolute atomic E-state index is 0.544. The second-order valence-corrected chi connectivity index (χ2v) is 8.44. The maximum atomic E-state index is 6.05. The predicted octanol–water partition coefficient (Wildman–Crippen LogP) is 4.40. The van der Waals surface area contributed by atoms with Gasteiger partial charge in [-0.3, -0.25) is 5.43 Å². The van der Waals surface area contributed by atoms with Gasteiger partial charge in [0.05, 0.1) is 25.6 Å². The average molecular weight is 467 g/mol. The minimum Gasteiger partial charge on any atom is -0.498 e. The number of anilines is 3. The molecule has 8 nitrogen and oxygen atoms in total. The molecule has 1 aliphatic rings. The first kappa shape index (κ1) is 25.2. The van der Waals surface area contributed by atoms with E-state index in [1.165, 1.54) is 0 Å². The third-order valence-electron chi connectivity index (χ3n) is 5.41. The Kier molecular flexibility index (Phi) is 9.88. The zero-order valence-corrected chi connectivity index (χ0v) is 20.9. The Hall–Kier alpha value is -3.42. The molecule has 3 rings (SSSR count). The van der Waals surface area contributed by atoms with Crippen LogP contribution in [0.4, 0.5) is 17.2 Å². The monoisotopic (exact) mass is 466 g/mol. The van der Waals surface area contributed by atoms with Crippen LogP contribution in [0, 0.1) is 0 Å². The summed E-state index contributed by atoms with van der Waals surface area (Å²) in [6.45, 7) is 9.25. The molecular weight excluding hydrogens is 428 g/mol. The van der Waals surface area contributed by atoms with Gasteiger partial charge in [0.1, 0.15) is 13.2 Å². The van der Waals surface area contributed by atoms with Crippen molar-refractivity contribution in [1.82, 2.24) is 9.88 Å². The molecule has 1 aliphatic heterocycles. The third-order valence-corrected chi connectivity index (χ3v) is 5.41. The van der Waals surface area contributed by atoms with Gasteiger partial charge < -0.3 is 24.2 Å². The van der Waals surface area contributed by atoms with E-state index >= 15 is 0 Å². The zero-order valence-electron chi connectivity index (χ0n) is 20.9. The third kappa shape index (κ3) is 7.86. The smallest absolute Gasteiger partial charge is 0.217 e. The Morgan fingerprint density at radius 2 is 1.97 bits per heavy atom. The molecular formula is C26H38N6O2. The average Bonchev–Trinajstić information content (AvgIpc) is 2.85. The van der Waals surface area contributed by atoms with Crippen LogP contribution < -0.4 is 20.0 Å². The van der Waals surface area contributed by atoms with E-state index in [9.17, 15) is 0 Å². The lowest BCUT2D eigenvalue weighted by Gasteiger charge is -2.25. The number of hydrazone groups is 1. The molecule has 0 saturated heterocycles. The molecule has 34 heavy (non-hydrogen) atoms. The maximum absolute atomic E-state index is 6.05. The summed E-state index contributed by atoms with van der Waals surface area (Å²) in [5, 5.41) is 4.44. The Balaban J connectivity index is 1.73. The van der Waals surface area contributed by atoms with Gasteiger partial charge in [-0.15, -0.1) is 0 Å². The molecule has 0 fully saturated rings. The second-order valence-electron chi connectivity index (χ2n) is 8.44. The molecule has 1 aromatic heterocycles. The van der Waals surface area contributed by atoms with E-state index in [2.05, 4.69) is 56.2 Å². The molecule has 1 N–H and O–H groups in total. The van der Waals surface area contributed by atoms with Gasteiger partial charge in [0, 0.05) is 56.9 Å². The molecule has 0 spiro atoms. The van der Waals surface area contributed by atoms with E-state index in [-0.39, 0.29) is 0 Å². The van der Waals surface area contributed by atoms with Crippen LogP contribution >= 0.6 is 0 Å². The minimum atomic E-state index is 0.544. The molecule has 8 heteroatoms. The molecule has 184 valence electrons. The summed E-state index contributed by atoms with van der Waals surface area (Å²) in [5.74, 6) is 1.26. The Morgan fingerprint density at radius 1 is 1.15 bits per heavy atom. The van der Waals surface area contributed by atoms with Crippen molar-refractivity contribution in [2.75, 3.05) is 68.7 Å². The van der Waals surface area contributed by atoms with Crippen LogP contribution in [-0.4, -0.2) is 69.6 Å². The molecule has 0 unspecified atom stereocenters. The fourth-order valence-electron chi connectivity index (χ4n) is 3.67. The number of aromatic nitrogens is 1. The summed E-state index contributed by atoms with van der Waals surface area (Å²) in [4.78, 5) is 11.3. The van der Waals surface area contributed by atoms with Gasteiger partial charge in [0.2, 0.25) is 5.88 Å². The van der Waals surface area contributed by atoms with E-state index in [0.29, 0.717) is 24.9 Å². The summed E-state index contributed by atoms with van der Waals surface area (Å²) in [6.07, 6.45) is 7.64. The topological polar surface area (TPSA) is 65.5 Å². The largest absolute Gasteiger partial charge is 0.498 e. The molecule has 1 aromatic carbocycles. The van der Waals surface area contributed by atoms with Crippen LogP contribution in [0.15, 0.2) is 54.0 Å². The Labute approximate surface area is 203 Å². The Bertz CT molecular complexity index is 941. The van der Waals surface area contributed by atoms with Gasteiger partial charge in [-0.2, -0.15) is 10.1 Å². The number of rotatable bonds is 13. The number of nitrogens with one attached hydrogen (secondary N) is 1. The Morgan fingerprint density at radius 3 is 2.68 bits per heavy atom. The van der Waals surface area contributed by atoms with Crippen LogP contribution in [0.5, 0.6) is 5.88 Å². The molecule has 2 heterocycles. The van der Waals surface area contributed by atoms with Crippen molar-refractivity contribution in [2.45, 2.75) is 26.7 Å². The normalized spacial score (nSPS) is 13.1. The fraction of sp³-hybridized carbons (Fsp3) is 0.462. The SMILES string of the molecule is CCCN(CCC)c1cc(N/N=C/c2cccc(N(C)C)c2)nc(OCCN2C=COCC2)c1. The molecule has 0 saturated carbocycles. The molecule has 0 bridgehead atoms. The molecule has 0 amide bonds. The van der Waals surface area contributed by atoms with Crippen molar-refractivity contribution in [3.8, 4) is 5.88 Å². The molecule has 2 aromatic rings. The summed E-state index contributed by atoms with van der Waals surface area (Å²) >= 11 is 0. The molecule has 0 atom stereocenters. The van der Waals surface area contributed by atoms with Crippen LogP contribution in [0.1, 0.15) is 32.3 Å². The van der Waals surface area contributed by atoms with Crippen molar-refractivity contribution in [2.24, 2.45) is 5.10 Å². The lowest BCUT2D eigenvalue weighted by Crippen LogP contribution is -2.29. The summed E-state index contributed by atoms with van der Waals surface area (Å²) in [6, 6.07) is 12.3. The number of pyridine rings is 1. The van der Waals surface area contributed by atoms with Crippen LogP contribution in [0.3, 0.4) is 0 Å². The predicted molar refractivity (Wildman–Crippen MR) is 141 cm³/mol. The van der Waals surface area contributed by atoms with Gasteiger partial charge in [0.25, 0.3) is 0 Å². The molecule has 0 radical (unpaired) electrons. The highest BCUT2D eigenvalue weighted by molar-refractivity contribution is 5.82. The van der Waals surface area contributed by atoms with Crippen LogP contribution in [0.2, 0.25) is 0 Å². The molecule has 0 aliphatic carbocycles. The summed E-state index contributed by atoms with van der Waals surface area (Å²) in [5.41, 5.74) is 6.34. The van der Waals surface area contributed by atoms with Gasteiger partial charge in [-0.25, -0.2) is 0 Å². The van der Waals surface area contributed by atoms with Crippen molar-refractivity contribution >= 4 is 23.4 Å². The first-order valence-corrected chi connectivity index (χ1v) is 12.1. The zero-order chi connectivity index (χ0) is 24.2. The quantitative estimate of drug-likeness (QED) is 0.347.